The van der Waals surface area contributed by atoms with Crippen molar-refractivity contribution >= 4 is 18.3 Å². The highest BCUT2D eigenvalue weighted by Crippen LogP contribution is 2.16. The molecular weight excluding hydrogens is 216 g/mol. The summed E-state index contributed by atoms with van der Waals surface area (Å²) in [7, 11) is 0. The van der Waals surface area contributed by atoms with Gasteiger partial charge in [-0.15, -0.1) is 0 Å². The second kappa shape index (κ2) is 5.16. The zero-order valence-corrected chi connectivity index (χ0v) is 8.24. The molecule has 1 rings (SSSR count). The summed E-state index contributed by atoms with van der Waals surface area (Å²) in [5, 5.41) is 0. The van der Waals surface area contributed by atoms with Gasteiger partial charge in [0.25, 0.3) is 0 Å². The fraction of sp³-hybridized carbons (Fsp3) is 0.0909. The maximum Gasteiger partial charge on any atom is 0.221 e. The third kappa shape index (κ3) is 2.73. The Morgan fingerprint density at radius 2 is 2.06 bits per heavy atom. The molecule has 0 unspecified atom stereocenters. The third-order valence-corrected chi connectivity index (χ3v) is 1.89. The summed E-state index contributed by atoms with van der Waals surface area (Å²) in [4.78, 5) is 20.8. The molecule has 84 valence electrons. The number of hydrogen-bond donors (Lipinski definition) is 1. The first-order valence-electron chi connectivity index (χ1n) is 4.44. The Kier molecular flexibility index (Phi) is 3.88. The van der Waals surface area contributed by atoms with E-state index in [1.54, 1.807) is 0 Å². The van der Waals surface area contributed by atoms with Gasteiger partial charge < -0.3 is 5.73 Å². The summed E-state index contributed by atoms with van der Waals surface area (Å²) in [6.07, 6.45) is 2.67. The molecule has 1 aromatic rings. The van der Waals surface area contributed by atoms with Crippen molar-refractivity contribution in [2.45, 2.75) is 6.42 Å². The van der Waals surface area contributed by atoms with E-state index < -0.39 is 23.1 Å². The van der Waals surface area contributed by atoms with E-state index in [0.29, 0.717) is 0 Å². The van der Waals surface area contributed by atoms with Crippen molar-refractivity contribution in [3.63, 3.8) is 0 Å². The number of carbonyl (C=O) groups excluding carboxylic acids is 2. The molecule has 0 aliphatic carbocycles. The lowest BCUT2D eigenvalue weighted by atomic mass is 10.1. The monoisotopic (exact) mass is 225 g/mol. The second-order valence-electron chi connectivity index (χ2n) is 3.05. The lowest BCUT2D eigenvalue weighted by Gasteiger charge is -2.00. The topological polar surface area (TPSA) is 60.2 Å². The zero-order chi connectivity index (χ0) is 12.1. The van der Waals surface area contributed by atoms with Crippen LogP contribution in [0.1, 0.15) is 22.3 Å². The van der Waals surface area contributed by atoms with Gasteiger partial charge in [-0.25, -0.2) is 8.78 Å². The molecule has 0 bridgehead atoms. The number of carbonyl (C=O) groups is 2. The minimum absolute atomic E-state index is 0.0322. The Morgan fingerprint density at radius 3 is 2.62 bits per heavy atom. The van der Waals surface area contributed by atoms with E-state index >= 15 is 0 Å². The lowest BCUT2D eigenvalue weighted by molar-refractivity contribution is -0.117. The number of benzene rings is 1. The predicted octanol–water partition coefficient (Wildman–Crippen LogP) is 1.67. The number of nitrogens with two attached hydrogens (primary N) is 1. The summed E-state index contributed by atoms with van der Waals surface area (Å²) in [6, 6.07) is 2.16. The zero-order valence-electron chi connectivity index (χ0n) is 8.24. The number of amides is 1. The predicted molar refractivity (Wildman–Crippen MR) is 54.6 cm³/mol. The van der Waals surface area contributed by atoms with E-state index in [1.807, 2.05) is 0 Å². The van der Waals surface area contributed by atoms with E-state index in [9.17, 15) is 18.4 Å². The fourth-order valence-electron chi connectivity index (χ4n) is 1.13. The Morgan fingerprint density at radius 1 is 1.38 bits per heavy atom. The summed E-state index contributed by atoms with van der Waals surface area (Å²) in [5.74, 6) is -2.43. The lowest BCUT2D eigenvalue weighted by Crippen LogP contribution is -2.08. The molecular formula is C11H9F2NO2. The third-order valence-electron chi connectivity index (χ3n) is 1.89. The van der Waals surface area contributed by atoms with E-state index in [1.165, 1.54) is 18.2 Å². The molecule has 0 radical (unpaired) electrons. The second-order valence-corrected chi connectivity index (χ2v) is 3.05. The van der Waals surface area contributed by atoms with Crippen LogP contribution >= 0.6 is 0 Å². The van der Waals surface area contributed by atoms with Gasteiger partial charge in [0.15, 0.2) is 6.29 Å². The van der Waals surface area contributed by atoms with Gasteiger partial charge >= 0.3 is 0 Å². The van der Waals surface area contributed by atoms with Gasteiger partial charge in [-0.05, 0) is 12.1 Å². The van der Waals surface area contributed by atoms with Crippen LogP contribution in [-0.4, -0.2) is 12.2 Å². The van der Waals surface area contributed by atoms with Gasteiger partial charge in [0.1, 0.15) is 11.6 Å². The fourth-order valence-corrected chi connectivity index (χ4v) is 1.13. The molecule has 0 aliphatic rings. The van der Waals surface area contributed by atoms with Crippen LogP contribution in [0.15, 0.2) is 18.2 Å². The molecule has 3 nitrogen and oxygen atoms in total. The van der Waals surface area contributed by atoms with E-state index in [0.717, 1.165) is 6.07 Å². The number of halogens is 2. The number of aldehydes is 1. The Labute approximate surface area is 90.6 Å². The molecule has 0 fully saturated rings. The first kappa shape index (κ1) is 12.0. The maximum absolute atomic E-state index is 13.4. The Hall–Kier alpha value is -2.04. The highest BCUT2D eigenvalue weighted by atomic mass is 19.1. The van der Waals surface area contributed by atoms with Crippen LogP contribution in [0.3, 0.4) is 0 Å². The van der Waals surface area contributed by atoms with Gasteiger partial charge in [0.05, 0.1) is 5.56 Å². The Bertz CT molecular complexity index is 456. The molecule has 0 saturated carbocycles. The van der Waals surface area contributed by atoms with Crippen LogP contribution in [-0.2, 0) is 4.79 Å². The molecule has 0 heterocycles. The first-order valence-corrected chi connectivity index (χ1v) is 4.44. The molecule has 5 heteroatoms. The minimum atomic E-state index is -0.948. The van der Waals surface area contributed by atoms with Gasteiger partial charge in [-0.3, -0.25) is 9.59 Å². The quantitative estimate of drug-likeness (QED) is 0.792. The van der Waals surface area contributed by atoms with Crippen molar-refractivity contribution < 1.29 is 18.4 Å². The van der Waals surface area contributed by atoms with E-state index in [-0.39, 0.29) is 18.3 Å². The van der Waals surface area contributed by atoms with Gasteiger partial charge in [0.2, 0.25) is 5.91 Å². The molecule has 0 aliphatic heterocycles. The van der Waals surface area contributed by atoms with Crippen molar-refractivity contribution in [3.05, 3.63) is 41.0 Å². The number of primary amides is 1. The van der Waals surface area contributed by atoms with Crippen LogP contribution in [0.2, 0.25) is 0 Å². The molecule has 0 aromatic heterocycles. The normalized spacial score (nSPS) is 10.6. The highest BCUT2D eigenvalue weighted by Gasteiger charge is 2.10. The van der Waals surface area contributed by atoms with Crippen molar-refractivity contribution in [3.8, 4) is 0 Å². The molecule has 1 aromatic carbocycles. The number of rotatable bonds is 4. The molecule has 0 atom stereocenters. The van der Waals surface area contributed by atoms with Crippen LogP contribution in [0.5, 0.6) is 0 Å². The highest BCUT2D eigenvalue weighted by molar-refractivity contribution is 5.79. The van der Waals surface area contributed by atoms with Crippen LogP contribution in [0.4, 0.5) is 8.78 Å². The van der Waals surface area contributed by atoms with Crippen molar-refractivity contribution in [1.29, 1.82) is 0 Å². The SMILES string of the molecule is NC(=O)CC=Cc1ccc(F)c(C=O)c1F. The largest absolute Gasteiger partial charge is 0.369 e. The molecule has 16 heavy (non-hydrogen) atoms. The van der Waals surface area contributed by atoms with E-state index in [4.69, 9.17) is 5.73 Å². The molecule has 0 saturated heterocycles. The van der Waals surface area contributed by atoms with Gasteiger partial charge in [-0.2, -0.15) is 0 Å². The maximum atomic E-state index is 13.4. The summed E-state index contributed by atoms with van der Waals surface area (Å²) >= 11 is 0. The summed E-state index contributed by atoms with van der Waals surface area (Å²) < 4.78 is 26.3. The van der Waals surface area contributed by atoms with Crippen LogP contribution in [0, 0.1) is 11.6 Å². The van der Waals surface area contributed by atoms with Crippen LogP contribution in [0.25, 0.3) is 6.08 Å². The standard InChI is InChI=1S/C11H9F2NO2/c12-9-5-4-7(2-1-3-10(14)16)11(13)8(9)6-15/h1-2,4-6H,3H2,(H2,14,16). The summed E-state index contributed by atoms with van der Waals surface area (Å²) in [5.41, 5.74) is 4.28. The van der Waals surface area contributed by atoms with Gasteiger partial charge in [-0.1, -0.05) is 12.2 Å². The van der Waals surface area contributed by atoms with Crippen molar-refractivity contribution in [2.24, 2.45) is 5.73 Å². The molecule has 0 spiro atoms. The van der Waals surface area contributed by atoms with Crippen LogP contribution < -0.4 is 5.73 Å². The summed E-state index contributed by atoms with van der Waals surface area (Å²) in [6.45, 7) is 0. The molecule has 1 amide bonds. The first-order chi connectivity index (χ1) is 7.56. The van der Waals surface area contributed by atoms with Crippen molar-refractivity contribution in [2.75, 3.05) is 0 Å². The minimum Gasteiger partial charge on any atom is -0.369 e. The van der Waals surface area contributed by atoms with E-state index in [2.05, 4.69) is 0 Å². The smallest absolute Gasteiger partial charge is 0.221 e. The molecule has 2 N–H and O–H groups in total. The number of hydrogen-bond acceptors (Lipinski definition) is 2. The van der Waals surface area contributed by atoms with Crippen molar-refractivity contribution in [1.82, 2.24) is 0 Å². The average molecular weight is 225 g/mol. The van der Waals surface area contributed by atoms with Gasteiger partial charge in [0, 0.05) is 12.0 Å². The Balaban J connectivity index is 3.02. The average Bonchev–Trinajstić information content (AvgIpc) is 2.22.